The van der Waals surface area contributed by atoms with E-state index in [1.54, 1.807) is 12.1 Å². The number of halogens is 1. The standard InChI is InChI=1S/C9H6ClNO2S/c1-5-4-6-8(11(12)13)3-2-7(10)9(6)14-5/h2-4H,1H3. The van der Waals surface area contributed by atoms with Crippen molar-refractivity contribution in [2.24, 2.45) is 0 Å². The summed E-state index contributed by atoms with van der Waals surface area (Å²) in [5.74, 6) is 0. The molecule has 72 valence electrons. The molecule has 2 aromatic rings. The monoisotopic (exact) mass is 227 g/mol. The summed E-state index contributed by atoms with van der Waals surface area (Å²) in [6.45, 7) is 1.91. The summed E-state index contributed by atoms with van der Waals surface area (Å²) in [5, 5.41) is 11.9. The van der Waals surface area contributed by atoms with Gasteiger partial charge in [-0.25, -0.2) is 0 Å². The molecule has 3 nitrogen and oxygen atoms in total. The Morgan fingerprint density at radius 3 is 2.86 bits per heavy atom. The molecule has 0 unspecified atom stereocenters. The molecular formula is C9H6ClNO2S. The van der Waals surface area contributed by atoms with Crippen LogP contribution in [0.1, 0.15) is 4.88 Å². The van der Waals surface area contributed by atoms with Gasteiger partial charge < -0.3 is 0 Å². The lowest BCUT2D eigenvalue weighted by Crippen LogP contribution is -1.87. The molecule has 0 atom stereocenters. The Balaban J connectivity index is 2.87. The van der Waals surface area contributed by atoms with Crippen LogP contribution in [0.5, 0.6) is 0 Å². The maximum absolute atomic E-state index is 10.7. The number of fused-ring (bicyclic) bond motifs is 1. The number of nitro groups is 1. The van der Waals surface area contributed by atoms with Gasteiger partial charge in [0.05, 0.1) is 20.0 Å². The minimum absolute atomic E-state index is 0.119. The van der Waals surface area contributed by atoms with Crippen molar-refractivity contribution in [3.8, 4) is 0 Å². The predicted octanol–water partition coefficient (Wildman–Crippen LogP) is 3.77. The molecule has 0 fully saturated rings. The first-order valence-electron chi connectivity index (χ1n) is 3.92. The molecule has 2 rings (SSSR count). The van der Waals surface area contributed by atoms with Crippen molar-refractivity contribution in [2.75, 3.05) is 0 Å². The van der Waals surface area contributed by atoms with Crippen LogP contribution in [-0.4, -0.2) is 4.92 Å². The van der Waals surface area contributed by atoms with E-state index >= 15 is 0 Å². The molecule has 0 aliphatic rings. The van der Waals surface area contributed by atoms with Crippen molar-refractivity contribution in [3.05, 3.63) is 38.2 Å². The quantitative estimate of drug-likeness (QED) is 0.550. The lowest BCUT2D eigenvalue weighted by Gasteiger charge is -1.94. The van der Waals surface area contributed by atoms with Gasteiger partial charge in [-0.15, -0.1) is 11.3 Å². The normalized spacial score (nSPS) is 10.7. The molecule has 0 bridgehead atoms. The number of rotatable bonds is 1. The van der Waals surface area contributed by atoms with Crippen LogP contribution in [0.25, 0.3) is 10.1 Å². The molecule has 0 aliphatic heterocycles. The van der Waals surface area contributed by atoms with Crippen LogP contribution in [0.15, 0.2) is 18.2 Å². The second-order valence-corrected chi connectivity index (χ2v) is 4.59. The van der Waals surface area contributed by atoms with Crippen LogP contribution in [0.3, 0.4) is 0 Å². The van der Waals surface area contributed by atoms with Crippen LogP contribution in [0.2, 0.25) is 5.02 Å². The fourth-order valence-electron chi connectivity index (χ4n) is 1.36. The number of hydrogen-bond acceptors (Lipinski definition) is 3. The Morgan fingerprint density at radius 1 is 1.50 bits per heavy atom. The molecule has 0 saturated heterocycles. The van der Waals surface area contributed by atoms with Gasteiger partial charge in [0.25, 0.3) is 5.69 Å². The SMILES string of the molecule is Cc1cc2c([N+](=O)[O-])ccc(Cl)c2s1. The topological polar surface area (TPSA) is 43.1 Å². The summed E-state index contributed by atoms with van der Waals surface area (Å²) in [7, 11) is 0. The maximum atomic E-state index is 10.7. The zero-order valence-corrected chi connectivity index (χ0v) is 8.85. The zero-order valence-electron chi connectivity index (χ0n) is 7.28. The molecule has 0 amide bonds. The van der Waals surface area contributed by atoms with Crippen LogP contribution < -0.4 is 0 Å². The molecule has 1 aromatic carbocycles. The van der Waals surface area contributed by atoms with E-state index < -0.39 is 0 Å². The molecule has 0 radical (unpaired) electrons. The van der Waals surface area contributed by atoms with E-state index in [1.807, 2.05) is 6.92 Å². The number of hydrogen-bond donors (Lipinski definition) is 0. The highest BCUT2D eigenvalue weighted by Crippen LogP contribution is 2.36. The van der Waals surface area contributed by atoms with E-state index in [9.17, 15) is 10.1 Å². The van der Waals surface area contributed by atoms with Gasteiger partial charge in [0.2, 0.25) is 0 Å². The molecule has 14 heavy (non-hydrogen) atoms. The Labute approximate surface area is 89.1 Å². The molecule has 1 aromatic heterocycles. The number of non-ortho nitro benzene ring substituents is 1. The highest BCUT2D eigenvalue weighted by molar-refractivity contribution is 7.19. The Kier molecular flexibility index (Phi) is 2.17. The van der Waals surface area contributed by atoms with Crippen LogP contribution in [0.4, 0.5) is 5.69 Å². The number of aryl methyl sites for hydroxylation is 1. The van der Waals surface area contributed by atoms with E-state index in [0.29, 0.717) is 10.4 Å². The summed E-state index contributed by atoms with van der Waals surface area (Å²) in [6.07, 6.45) is 0. The maximum Gasteiger partial charge on any atom is 0.278 e. The lowest BCUT2D eigenvalue weighted by atomic mass is 10.2. The number of nitrogens with zero attached hydrogens (tertiary/aromatic N) is 1. The fourth-order valence-corrected chi connectivity index (χ4v) is 2.58. The third-order valence-corrected chi connectivity index (χ3v) is 3.44. The van der Waals surface area contributed by atoms with Gasteiger partial charge in [0.1, 0.15) is 0 Å². The number of nitro benzene ring substituents is 1. The van der Waals surface area contributed by atoms with Crippen molar-refractivity contribution in [2.45, 2.75) is 6.92 Å². The van der Waals surface area contributed by atoms with Crippen molar-refractivity contribution in [1.29, 1.82) is 0 Å². The Morgan fingerprint density at radius 2 is 2.21 bits per heavy atom. The first-order valence-corrected chi connectivity index (χ1v) is 5.12. The van der Waals surface area contributed by atoms with E-state index in [4.69, 9.17) is 11.6 Å². The molecule has 0 N–H and O–H groups in total. The van der Waals surface area contributed by atoms with Gasteiger partial charge in [-0.1, -0.05) is 11.6 Å². The third-order valence-electron chi connectivity index (χ3n) is 1.93. The first kappa shape index (κ1) is 9.43. The van der Waals surface area contributed by atoms with Gasteiger partial charge in [0, 0.05) is 10.9 Å². The highest BCUT2D eigenvalue weighted by atomic mass is 35.5. The molecule has 1 heterocycles. The molecule has 0 spiro atoms. The molecule has 0 saturated carbocycles. The minimum atomic E-state index is -0.384. The van der Waals surface area contributed by atoms with Crippen molar-refractivity contribution < 1.29 is 4.92 Å². The third kappa shape index (κ3) is 1.36. The summed E-state index contributed by atoms with van der Waals surface area (Å²) in [4.78, 5) is 11.3. The minimum Gasteiger partial charge on any atom is -0.258 e. The summed E-state index contributed by atoms with van der Waals surface area (Å²) in [5.41, 5.74) is 0.119. The van der Waals surface area contributed by atoms with Crippen molar-refractivity contribution in [1.82, 2.24) is 0 Å². The van der Waals surface area contributed by atoms with Gasteiger partial charge >= 0.3 is 0 Å². The molecular weight excluding hydrogens is 222 g/mol. The van der Waals surface area contributed by atoms with Gasteiger partial charge in [-0.3, -0.25) is 10.1 Å². The Bertz CT molecular complexity index is 521. The smallest absolute Gasteiger partial charge is 0.258 e. The van der Waals surface area contributed by atoms with Crippen LogP contribution in [0, 0.1) is 17.0 Å². The van der Waals surface area contributed by atoms with E-state index in [2.05, 4.69) is 0 Å². The van der Waals surface area contributed by atoms with Crippen LogP contribution >= 0.6 is 22.9 Å². The number of thiophene rings is 1. The Hall–Kier alpha value is -1.13. The number of benzene rings is 1. The predicted molar refractivity (Wildman–Crippen MR) is 58.2 cm³/mol. The average molecular weight is 228 g/mol. The zero-order chi connectivity index (χ0) is 10.3. The summed E-state index contributed by atoms with van der Waals surface area (Å²) >= 11 is 7.41. The van der Waals surface area contributed by atoms with Crippen molar-refractivity contribution in [3.63, 3.8) is 0 Å². The fraction of sp³-hybridized carbons (Fsp3) is 0.111. The largest absolute Gasteiger partial charge is 0.278 e. The summed E-state index contributed by atoms with van der Waals surface area (Å²) < 4.78 is 0.790. The molecule has 5 heteroatoms. The van der Waals surface area contributed by atoms with Crippen LogP contribution in [-0.2, 0) is 0 Å². The van der Waals surface area contributed by atoms with E-state index in [-0.39, 0.29) is 10.6 Å². The second kappa shape index (κ2) is 3.22. The van der Waals surface area contributed by atoms with E-state index in [1.165, 1.54) is 17.4 Å². The highest BCUT2D eigenvalue weighted by Gasteiger charge is 2.15. The second-order valence-electron chi connectivity index (χ2n) is 2.92. The van der Waals surface area contributed by atoms with E-state index in [0.717, 1.165) is 9.58 Å². The average Bonchev–Trinajstić information content (AvgIpc) is 2.47. The van der Waals surface area contributed by atoms with Gasteiger partial charge in [0.15, 0.2) is 0 Å². The lowest BCUT2D eigenvalue weighted by molar-refractivity contribution is -0.383. The van der Waals surface area contributed by atoms with Gasteiger partial charge in [-0.05, 0) is 19.1 Å². The first-order chi connectivity index (χ1) is 6.59. The summed E-state index contributed by atoms with van der Waals surface area (Å²) in [6, 6.07) is 4.80. The van der Waals surface area contributed by atoms with Crippen molar-refractivity contribution >= 4 is 38.7 Å². The van der Waals surface area contributed by atoms with Gasteiger partial charge in [-0.2, -0.15) is 0 Å². The molecule has 0 aliphatic carbocycles.